The molecule has 10 heteroatoms. The summed E-state index contributed by atoms with van der Waals surface area (Å²) in [5, 5.41) is 0. The Kier molecular flexibility index (Phi) is 5.82. The van der Waals surface area contributed by atoms with Crippen molar-refractivity contribution in [2.75, 3.05) is 6.61 Å². The second kappa shape index (κ2) is 7.48. The zero-order chi connectivity index (χ0) is 21.4. The number of benzene rings is 1. The van der Waals surface area contributed by atoms with Crippen molar-refractivity contribution >= 4 is 11.9 Å². The maximum atomic E-state index is 14.1. The van der Waals surface area contributed by atoms with Crippen molar-refractivity contribution < 1.29 is 45.4 Å². The summed E-state index contributed by atoms with van der Waals surface area (Å²) in [6.45, 7) is 4.24. The summed E-state index contributed by atoms with van der Waals surface area (Å²) in [4.78, 5) is 23.4. The van der Waals surface area contributed by atoms with Crippen LogP contribution in [0.25, 0.3) is 0 Å². The second-order valence-electron chi connectivity index (χ2n) is 6.72. The monoisotopic (exact) mass is 410 g/mol. The van der Waals surface area contributed by atoms with E-state index < -0.39 is 64.1 Å². The summed E-state index contributed by atoms with van der Waals surface area (Å²) >= 11 is 0. The molecule has 0 amide bonds. The largest absolute Gasteiger partial charge is 0.461 e. The number of carbonyl (C=O) groups excluding carboxylic acids is 2. The first kappa shape index (κ1) is 21.8. The Labute approximate surface area is 156 Å². The lowest BCUT2D eigenvalue weighted by atomic mass is 10.1. The van der Waals surface area contributed by atoms with Crippen LogP contribution in [0.2, 0.25) is 0 Å². The summed E-state index contributed by atoms with van der Waals surface area (Å²) < 4.78 is 90.1. The summed E-state index contributed by atoms with van der Waals surface area (Å²) in [6, 6.07) is 0.508. The molecule has 1 aromatic carbocycles. The topological polar surface area (TPSA) is 52.6 Å². The lowest BCUT2D eigenvalue weighted by Gasteiger charge is -2.18. The lowest BCUT2D eigenvalue weighted by molar-refractivity contribution is -0.243. The fourth-order valence-electron chi connectivity index (χ4n) is 2.86. The molecule has 0 aromatic heterocycles. The van der Waals surface area contributed by atoms with Crippen LogP contribution < -0.4 is 0 Å². The van der Waals surface area contributed by atoms with Crippen LogP contribution in [-0.2, 0) is 25.2 Å². The van der Waals surface area contributed by atoms with Crippen LogP contribution in [-0.4, -0.2) is 18.5 Å². The van der Waals surface area contributed by atoms with Gasteiger partial charge < -0.3 is 9.47 Å². The van der Waals surface area contributed by atoms with E-state index in [0.29, 0.717) is 0 Å². The molecule has 1 saturated carbocycles. The molecule has 0 bridgehead atoms. The predicted octanol–water partition coefficient (Wildman–Crippen LogP) is 4.39. The van der Waals surface area contributed by atoms with Gasteiger partial charge in [-0.15, -0.1) is 0 Å². The standard InChI is InChI=1S/C18H16F6O4/c1-4-27-15(25)11(20)7-9-12(17(9,2)3)16(26)28-18(23,24)8-5-6-10(19)14(22)13(8)21/h5-7,9,12H,4H2,1-3H3/t9-,12-/m0/s1. The van der Waals surface area contributed by atoms with Gasteiger partial charge in [0.2, 0.25) is 5.83 Å². The van der Waals surface area contributed by atoms with Gasteiger partial charge in [-0.25, -0.2) is 18.0 Å². The minimum Gasteiger partial charge on any atom is -0.461 e. The van der Waals surface area contributed by atoms with E-state index in [1.54, 1.807) is 0 Å². The number of alkyl halides is 2. The van der Waals surface area contributed by atoms with Crippen molar-refractivity contribution in [3.05, 3.63) is 47.1 Å². The molecule has 2 atom stereocenters. The minimum atomic E-state index is -4.59. The highest BCUT2D eigenvalue weighted by molar-refractivity contribution is 5.87. The molecule has 1 aliphatic carbocycles. The first-order chi connectivity index (χ1) is 12.8. The number of esters is 2. The number of rotatable bonds is 6. The van der Waals surface area contributed by atoms with Crippen LogP contribution >= 0.6 is 0 Å². The molecule has 0 saturated heterocycles. The number of hydrogen-bond acceptors (Lipinski definition) is 4. The van der Waals surface area contributed by atoms with Crippen LogP contribution in [0.3, 0.4) is 0 Å². The molecule has 28 heavy (non-hydrogen) atoms. The van der Waals surface area contributed by atoms with Crippen molar-refractivity contribution in [3.8, 4) is 0 Å². The molecule has 0 aliphatic heterocycles. The number of halogens is 6. The van der Waals surface area contributed by atoms with Gasteiger partial charge in [0.05, 0.1) is 12.5 Å². The van der Waals surface area contributed by atoms with E-state index in [2.05, 4.69) is 9.47 Å². The highest BCUT2D eigenvalue weighted by atomic mass is 19.3. The molecule has 0 spiro atoms. The smallest absolute Gasteiger partial charge is 0.431 e. The molecule has 154 valence electrons. The van der Waals surface area contributed by atoms with Gasteiger partial charge in [0.25, 0.3) is 0 Å². The van der Waals surface area contributed by atoms with Crippen molar-refractivity contribution in [2.24, 2.45) is 17.3 Å². The van der Waals surface area contributed by atoms with E-state index in [1.165, 1.54) is 20.8 Å². The van der Waals surface area contributed by atoms with Crippen molar-refractivity contribution in [2.45, 2.75) is 26.9 Å². The number of ether oxygens (including phenoxy) is 2. The number of carbonyl (C=O) groups is 2. The molecule has 0 unspecified atom stereocenters. The second-order valence-corrected chi connectivity index (χ2v) is 6.72. The van der Waals surface area contributed by atoms with E-state index in [-0.39, 0.29) is 18.7 Å². The molecule has 1 aliphatic rings. The average Bonchev–Trinajstić information content (AvgIpc) is 3.12. The summed E-state index contributed by atoms with van der Waals surface area (Å²) in [7, 11) is 0. The first-order valence-corrected chi connectivity index (χ1v) is 8.13. The van der Waals surface area contributed by atoms with Gasteiger partial charge in [-0.1, -0.05) is 13.8 Å². The van der Waals surface area contributed by atoms with E-state index in [4.69, 9.17) is 0 Å². The highest BCUT2D eigenvalue weighted by Crippen LogP contribution is 2.60. The summed E-state index contributed by atoms with van der Waals surface area (Å²) in [6.07, 6.45) is -3.83. The third kappa shape index (κ3) is 4.00. The maximum Gasteiger partial charge on any atom is 0.431 e. The Morgan fingerprint density at radius 3 is 2.36 bits per heavy atom. The molecule has 0 radical (unpaired) electrons. The molecular weight excluding hydrogens is 394 g/mol. The Bertz CT molecular complexity index is 834. The zero-order valence-electron chi connectivity index (χ0n) is 15.0. The van der Waals surface area contributed by atoms with Crippen LogP contribution in [0.5, 0.6) is 0 Å². The molecule has 0 N–H and O–H groups in total. The van der Waals surface area contributed by atoms with Gasteiger partial charge in [0, 0.05) is 0 Å². The van der Waals surface area contributed by atoms with Crippen LogP contribution in [0.4, 0.5) is 26.3 Å². The Hall–Kier alpha value is -2.52. The summed E-state index contributed by atoms with van der Waals surface area (Å²) in [5.74, 6) is -12.3. The van der Waals surface area contributed by atoms with E-state index in [1.807, 2.05) is 0 Å². The number of allylic oxidation sites excluding steroid dienone is 1. The molecule has 1 fully saturated rings. The van der Waals surface area contributed by atoms with Gasteiger partial charge in [0.1, 0.15) is 5.56 Å². The normalized spacial score (nSPS) is 21.2. The van der Waals surface area contributed by atoms with Gasteiger partial charge >= 0.3 is 18.0 Å². The third-order valence-corrected chi connectivity index (χ3v) is 4.54. The first-order valence-electron chi connectivity index (χ1n) is 8.13. The Morgan fingerprint density at radius 1 is 1.18 bits per heavy atom. The Morgan fingerprint density at radius 2 is 1.79 bits per heavy atom. The molecule has 1 aromatic rings. The zero-order valence-corrected chi connectivity index (χ0v) is 15.0. The van der Waals surface area contributed by atoms with E-state index >= 15 is 0 Å². The highest BCUT2D eigenvalue weighted by Gasteiger charge is 2.63. The Balaban J connectivity index is 2.19. The van der Waals surface area contributed by atoms with Gasteiger partial charge in [-0.3, -0.25) is 4.79 Å². The van der Waals surface area contributed by atoms with Gasteiger partial charge in [-0.2, -0.15) is 13.2 Å². The molecule has 0 heterocycles. The van der Waals surface area contributed by atoms with E-state index in [9.17, 15) is 35.9 Å². The summed E-state index contributed by atoms with van der Waals surface area (Å²) in [5.41, 5.74) is -2.70. The third-order valence-electron chi connectivity index (χ3n) is 4.54. The van der Waals surface area contributed by atoms with Crippen molar-refractivity contribution in [3.63, 3.8) is 0 Å². The lowest BCUT2D eigenvalue weighted by Crippen LogP contribution is -2.26. The van der Waals surface area contributed by atoms with Crippen LogP contribution in [0.1, 0.15) is 26.3 Å². The number of hydrogen-bond donors (Lipinski definition) is 0. The van der Waals surface area contributed by atoms with E-state index in [0.717, 1.165) is 6.08 Å². The predicted molar refractivity (Wildman–Crippen MR) is 82.9 cm³/mol. The molecule has 4 nitrogen and oxygen atoms in total. The van der Waals surface area contributed by atoms with Crippen molar-refractivity contribution in [1.29, 1.82) is 0 Å². The quantitative estimate of drug-likeness (QED) is 0.302. The molecular formula is C18H16F6O4. The fraction of sp³-hybridized carbons (Fsp3) is 0.444. The SMILES string of the molecule is CCOC(=O)C(F)=C[C@H]1[C@@H](C(=O)OC(F)(F)c2ccc(F)c(F)c2F)C1(C)C. The van der Waals surface area contributed by atoms with Gasteiger partial charge in [0.15, 0.2) is 17.5 Å². The fourth-order valence-corrected chi connectivity index (χ4v) is 2.86. The molecule has 2 rings (SSSR count). The van der Waals surface area contributed by atoms with Crippen LogP contribution in [0.15, 0.2) is 24.0 Å². The average molecular weight is 410 g/mol. The van der Waals surface area contributed by atoms with Gasteiger partial charge in [-0.05, 0) is 36.5 Å². The van der Waals surface area contributed by atoms with Crippen molar-refractivity contribution in [1.82, 2.24) is 0 Å². The minimum absolute atomic E-state index is 0.0916. The maximum absolute atomic E-state index is 14.1. The van der Waals surface area contributed by atoms with Crippen LogP contribution in [0, 0.1) is 34.7 Å².